The highest BCUT2D eigenvalue weighted by molar-refractivity contribution is 6.04. The Balaban J connectivity index is 1.51. The molecule has 0 aliphatic carbocycles. The number of nitrogens with one attached hydrogen (secondary N) is 3. The van der Waals surface area contributed by atoms with E-state index in [0.29, 0.717) is 24.0 Å². The predicted octanol–water partition coefficient (Wildman–Crippen LogP) is 4.00. The monoisotopic (exact) mass is 479 g/mol. The van der Waals surface area contributed by atoms with Crippen LogP contribution in [0.15, 0.2) is 35.6 Å². The van der Waals surface area contributed by atoms with Gasteiger partial charge in [-0.25, -0.2) is 0 Å². The average molecular weight is 480 g/mol. The van der Waals surface area contributed by atoms with Crippen LogP contribution in [0.4, 0.5) is 17.5 Å². The van der Waals surface area contributed by atoms with Crippen LogP contribution in [0.5, 0.6) is 0 Å². The van der Waals surface area contributed by atoms with Crippen molar-refractivity contribution in [1.29, 1.82) is 0 Å². The van der Waals surface area contributed by atoms with E-state index in [1.54, 1.807) is 12.1 Å². The van der Waals surface area contributed by atoms with Gasteiger partial charge in [0.2, 0.25) is 17.8 Å². The smallest absolute Gasteiger partial charge is 0.258 e. The second-order valence-corrected chi connectivity index (χ2v) is 9.19. The van der Waals surface area contributed by atoms with Crippen molar-refractivity contribution in [2.75, 3.05) is 28.7 Å². The van der Waals surface area contributed by atoms with Gasteiger partial charge in [0.1, 0.15) is 11.6 Å². The number of rotatable bonds is 8. The molecule has 2 aliphatic heterocycles. The first-order valence-electron chi connectivity index (χ1n) is 12.3. The Labute approximate surface area is 205 Å². The van der Waals surface area contributed by atoms with Gasteiger partial charge in [-0.15, -0.1) is 0 Å². The molecule has 9 heteroatoms. The van der Waals surface area contributed by atoms with E-state index >= 15 is 0 Å². The number of aromatic amines is 1. The summed E-state index contributed by atoms with van der Waals surface area (Å²) in [6.45, 7) is 9.52. The molecule has 1 aromatic heterocycles. The highest BCUT2D eigenvalue weighted by Gasteiger charge is 2.35. The summed E-state index contributed by atoms with van der Waals surface area (Å²) in [5, 5.41) is 5.51. The van der Waals surface area contributed by atoms with Gasteiger partial charge >= 0.3 is 0 Å². The van der Waals surface area contributed by atoms with Gasteiger partial charge in [0.15, 0.2) is 0 Å². The summed E-state index contributed by atoms with van der Waals surface area (Å²) < 4.78 is 5.63. The minimum Gasteiger partial charge on any atom is -0.494 e. The molecule has 3 heterocycles. The lowest BCUT2D eigenvalue weighted by atomic mass is 9.92. The zero-order valence-corrected chi connectivity index (χ0v) is 20.4. The molecule has 0 saturated carbocycles. The number of amides is 2. The van der Waals surface area contributed by atoms with E-state index in [0.717, 1.165) is 44.2 Å². The molecule has 1 fully saturated rings. The third-order valence-electron chi connectivity index (χ3n) is 6.58. The van der Waals surface area contributed by atoms with E-state index in [2.05, 4.69) is 41.0 Å². The van der Waals surface area contributed by atoms with Crippen molar-refractivity contribution in [3.05, 3.63) is 52.3 Å². The Bertz CT molecular complexity index is 1160. The van der Waals surface area contributed by atoms with Crippen molar-refractivity contribution in [3.63, 3.8) is 0 Å². The van der Waals surface area contributed by atoms with Crippen molar-refractivity contribution < 1.29 is 14.3 Å². The molecular formula is C26H33N5O4. The number of hydrogen-bond acceptors (Lipinski definition) is 6. The molecule has 0 unspecified atom stereocenters. The van der Waals surface area contributed by atoms with Crippen LogP contribution in [-0.4, -0.2) is 41.0 Å². The third-order valence-corrected chi connectivity index (χ3v) is 6.58. The van der Waals surface area contributed by atoms with Crippen molar-refractivity contribution in [2.45, 2.75) is 64.3 Å². The molecule has 35 heavy (non-hydrogen) atoms. The number of piperidine rings is 1. The molecule has 0 spiro atoms. The third kappa shape index (κ3) is 5.55. The summed E-state index contributed by atoms with van der Waals surface area (Å²) in [5.41, 5.74) is 1.15. The van der Waals surface area contributed by atoms with Gasteiger partial charge in [-0.2, -0.15) is 4.98 Å². The summed E-state index contributed by atoms with van der Waals surface area (Å²) in [7, 11) is 0. The molecule has 4 rings (SSSR count). The highest BCUT2D eigenvalue weighted by atomic mass is 16.5. The maximum absolute atomic E-state index is 13.1. The minimum atomic E-state index is -0.935. The molecular weight excluding hydrogens is 446 g/mol. The Morgan fingerprint density at radius 2 is 2.03 bits per heavy atom. The number of fused-ring (bicyclic) bond motifs is 1. The molecule has 2 aliphatic rings. The summed E-state index contributed by atoms with van der Waals surface area (Å²) in [5.74, 6) is -0.545. The SMILES string of the molecule is C=C(OCCCC)c1ccc(NC(=O)[C@@H]2CC(=O)Nc3nc(N4CCCC[C@H]4C)[nH]c(=O)c32)cc1. The van der Waals surface area contributed by atoms with Crippen LogP contribution in [0.3, 0.4) is 0 Å². The lowest BCUT2D eigenvalue weighted by Crippen LogP contribution is -2.41. The Kier molecular flexibility index (Phi) is 7.53. The fourth-order valence-electron chi connectivity index (χ4n) is 4.52. The van der Waals surface area contributed by atoms with Crippen LogP contribution in [0.25, 0.3) is 5.76 Å². The molecule has 0 bridgehead atoms. The highest BCUT2D eigenvalue weighted by Crippen LogP contribution is 2.31. The van der Waals surface area contributed by atoms with E-state index in [-0.39, 0.29) is 29.8 Å². The first-order chi connectivity index (χ1) is 16.9. The lowest BCUT2D eigenvalue weighted by molar-refractivity contribution is -0.123. The van der Waals surface area contributed by atoms with Crippen LogP contribution >= 0.6 is 0 Å². The molecule has 9 nitrogen and oxygen atoms in total. The first-order valence-corrected chi connectivity index (χ1v) is 12.3. The molecule has 3 N–H and O–H groups in total. The van der Waals surface area contributed by atoms with Gasteiger partial charge < -0.3 is 20.3 Å². The maximum atomic E-state index is 13.1. The fourth-order valence-corrected chi connectivity index (χ4v) is 4.52. The largest absolute Gasteiger partial charge is 0.494 e. The molecule has 0 radical (unpaired) electrons. The summed E-state index contributed by atoms with van der Waals surface area (Å²) in [6, 6.07) is 7.35. The van der Waals surface area contributed by atoms with Crippen LogP contribution < -0.4 is 21.1 Å². The van der Waals surface area contributed by atoms with Gasteiger partial charge in [-0.05, 0) is 56.9 Å². The number of ether oxygens (including phenoxy) is 1. The lowest BCUT2D eigenvalue weighted by Gasteiger charge is -2.34. The van der Waals surface area contributed by atoms with E-state index < -0.39 is 17.4 Å². The van der Waals surface area contributed by atoms with E-state index in [4.69, 9.17) is 4.74 Å². The Morgan fingerprint density at radius 1 is 1.26 bits per heavy atom. The van der Waals surface area contributed by atoms with Gasteiger partial charge in [-0.3, -0.25) is 19.4 Å². The number of H-pyrrole nitrogens is 1. The van der Waals surface area contributed by atoms with Crippen LogP contribution in [0.2, 0.25) is 0 Å². The number of aromatic nitrogens is 2. The van der Waals surface area contributed by atoms with Crippen molar-refractivity contribution >= 4 is 35.0 Å². The number of benzene rings is 1. The van der Waals surface area contributed by atoms with Gasteiger partial charge in [-0.1, -0.05) is 19.9 Å². The quantitative estimate of drug-likeness (QED) is 0.389. The fraction of sp³-hybridized carbons (Fsp3) is 0.462. The number of nitrogens with zero attached hydrogens (tertiary/aromatic N) is 2. The topological polar surface area (TPSA) is 116 Å². The number of anilines is 3. The Hall–Kier alpha value is -3.62. The van der Waals surface area contributed by atoms with Gasteiger partial charge in [0.05, 0.1) is 18.1 Å². The van der Waals surface area contributed by atoms with E-state index in [1.165, 1.54) is 0 Å². The normalized spacial score (nSPS) is 19.5. The van der Waals surface area contributed by atoms with E-state index in [1.807, 2.05) is 17.0 Å². The molecule has 2 atom stereocenters. The Morgan fingerprint density at radius 3 is 2.74 bits per heavy atom. The van der Waals surface area contributed by atoms with E-state index in [9.17, 15) is 14.4 Å². The number of unbranched alkanes of at least 4 members (excludes halogenated alkanes) is 1. The minimum absolute atomic E-state index is 0.122. The summed E-state index contributed by atoms with van der Waals surface area (Å²) in [4.78, 5) is 48.0. The first kappa shape index (κ1) is 24.5. The second kappa shape index (κ2) is 10.8. The zero-order chi connectivity index (χ0) is 24.9. The van der Waals surface area contributed by atoms with Crippen LogP contribution in [-0.2, 0) is 14.3 Å². The number of carbonyl (C=O) groups excluding carboxylic acids is 2. The molecule has 2 aromatic rings. The average Bonchev–Trinajstić information content (AvgIpc) is 2.84. The van der Waals surface area contributed by atoms with Crippen molar-refractivity contribution in [2.24, 2.45) is 0 Å². The van der Waals surface area contributed by atoms with Crippen LogP contribution in [0, 0.1) is 0 Å². The zero-order valence-electron chi connectivity index (χ0n) is 20.4. The predicted molar refractivity (Wildman–Crippen MR) is 136 cm³/mol. The number of carbonyl (C=O) groups is 2. The maximum Gasteiger partial charge on any atom is 0.258 e. The number of hydrogen-bond donors (Lipinski definition) is 3. The molecule has 1 saturated heterocycles. The molecule has 1 aromatic carbocycles. The molecule has 2 amide bonds. The summed E-state index contributed by atoms with van der Waals surface area (Å²) in [6.07, 6.45) is 5.03. The summed E-state index contributed by atoms with van der Waals surface area (Å²) >= 11 is 0. The standard InChI is InChI=1S/C26H33N5O4/c1-4-5-14-35-17(3)18-9-11-19(12-10-18)27-24(33)20-15-21(32)28-23-22(20)25(34)30-26(29-23)31-13-7-6-8-16(31)2/h9-12,16,20H,3-8,13-15H2,1-2H3,(H,27,33)(H2,28,29,30,32,34)/t16-,20-/m1/s1. The van der Waals surface area contributed by atoms with Crippen molar-refractivity contribution in [3.8, 4) is 0 Å². The van der Waals surface area contributed by atoms with Crippen molar-refractivity contribution in [1.82, 2.24) is 9.97 Å². The van der Waals surface area contributed by atoms with Gasteiger partial charge in [0, 0.05) is 30.3 Å². The molecule has 186 valence electrons. The van der Waals surface area contributed by atoms with Crippen LogP contribution in [0.1, 0.15) is 69.4 Å². The second-order valence-electron chi connectivity index (χ2n) is 9.19. The van der Waals surface area contributed by atoms with Gasteiger partial charge in [0.25, 0.3) is 5.56 Å².